The maximum absolute atomic E-state index is 12.2. The summed E-state index contributed by atoms with van der Waals surface area (Å²) >= 11 is 0. The van der Waals surface area contributed by atoms with Gasteiger partial charge in [-0.25, -0.2) is 0 Å². The highest BCUT2D eigenvalue weighted by molar-refractivity contribution is 8.93. The van der Waals surface area contributed by atoms with Gasteiger partial charge in [0.15, 0.2) is 0 Å². The molecule has 0 radical (unpaired) electrons. The Morgan fingerprint density at radius 2 is 1.53 bits per heavy atom. The summed E-state index contributed by atoms with van der Waals surface area (Å²) in [5.74, 6) is -0.269. The van der Waals surface area contributed by atoms with Crippen LogP contribution < -0.4 is 5.32 Å². The van der Waals surface area contributed by atoms with Crippen molar-refractivity contribution in [3.05, 3.63) is 35.9 Å². The fourth-order valence-electron chi connectivity index (χ4n) is 3.30. The summed E-state index contributed by atoms with van der Waals surface area (Å²) in [6.45, 7) is 5.35. The van der Waals surface area contributed by atoms with Crippen molar-refractivity contribution in [2.45, 2.75) is 84.1 Å². The van der Waals surface area contributed by atoms with Crippen LogP contribution in [0.5, 0.6) is 0 Å². The van der Waals surface area contributed by atoms with Crippen LogP contribution >= 0.6 is 17.0 Å². The van der Waals surface area contributed by atoms with Crippen molar-refractivity contribution < 1.29 is 19.1 Å². The van der Waals surface area contributed by atoms with Gasteiger partial charge < -0.3 is 14.8 Å². The van der Waals surface area contributed by atoms with Gasteiger partial charge in [0.2, 0.25) is 0 Å². The number of esters is 2. The number of unbranched alkanes of at least 4 members (excludes halogenated alkanes) is 5. The molecule has 0 aliphatic rings. The van der Waals surface area contributed by atoms with Gasteiger partial charge in [-0.2, -0.15) is 0 Å². The van der Waals surface area contributed by atoms with Crippen LogP contribution in [0, 0.1) is 0 Å². The topological polar surface area (TPSA) is 64.6 Å². The van der Waals surface area contributed by atoms with E-state index < -0.39 is 0 Å². The molecular weight excluding hydrogens is 446 g/mol. The number of nitrogens with one attached hydrogen (secondary N) is 1. The number of carbonyl (C=O) groups excluding carboxylic acids is 2. The molecule has 0 fully saturated rings. The van der Waals surface area contributed by atoms with Crippen molar-refractivity contribution in [1.82, 2.24) is 5.32 Å². The van der Waals surface area contributed by atoms with Gasteiger partial charge >= 0.3 is 11.9 Å². The highest BCUT2D eigenvalue weighted by Crippen LogP contribution is 2.10. The van der Waals surface area contributed by atoms with E-state index in [9.17, 15) is 9.59 Å². The summed E-state index contributed by atoms with van der Waals surface area (Å²) in [6, 6.07) is 10.3. The molecule has 1 unspecified atom stereocenters. The van der Waals surface area contributed by atoms with Crippen molar-refractivity contribution in [3.63, 3.8) is 0 Å². The monoisotopic (exact) mass is 485 g/mol. The second kappa shape index (κ2) is 19.6. The molecule has 0 saturated heterocycles. The molecule has 0 aliphatic carbocycles. The third-order valence-corrected chi connectivity index (χ3v) is 4.88. The largest absolute Gasteiger partial charge is 0.466 e. The zero-order chi connectivity index (χ0) is 21.2. The standard InChI is InChI=1S/C24H39NO4.BrH/c1-3-28-23(26)19-13-6-5-12-18-22(24(27)29-4-2)25-20-14-8-11-17-21-15-9-7-10-16-21;/h7,9-10,15-16,22,25H,3-6,8,11-14,17-20H2,1-2H3;1H. The number of benzene rings is 1. The zero-order valence-electron chi connectivity index (χ0n) is 18.7. The van der Waals surface area contributed by atoms with E-state index in [-0.39, 0.29) is 35.0 Å². The van der Waals surface area contributed by atoms with Gasteiger partial charge in [0, 0.05) is 6.42 Å². The second-order valence-corrected chi connectivity index (χ2v) is 7.31. The molecule has 1 aromatic carbocycles. The summed E-state index contributed by atoms with van der Waals surface area (Å²) < 4.78 is 10.1. The van der Waals surface area contributed by atoms with E-state index in [1.807, 2.05) is 19.9 Å². The summed E-state index contributed by atoms with van der Waals surface area (Å²) in [4.78, 5) is 23.5. The Bertz CT molecular complexity index is 553. The number of halogens is 1. The van der Waals surface area contributed by atoms with Gasteiger partial charge in [0.1, 0.15) is 6.04 Å². The Morgan fingerprint density at radius 1 is 0.867 bits per heavy atom. The lowest BCUT2D eigenvalue weighted by Crippen LogP contribution is -2.38. The molecule has 6 heteroatoms. The van der Waals surface area contributed by atoms with Crippen LogP contribution in [0.2, 0.25) is 0 Å². The van der Waals surface area contributed by atoms with Crippen molar-refractivity contribution in [2.75, 3.05) is 19.8 Å². The maximum atomic E-state index is 12.2. The van der Waals surface area contributed by atoms with Crippen molar-refractivity contribution >= 4 is 28.9 Å². The third kappa shape index (κ3) is 14.6. The SMILES string of the molecule is Br.CCOC(=O)CCCCCCC(NCCCCCc1ccccc1)C(=O)OCC. The molecule has 30 heavy (non-hydrogen) atoms. The van der Waals surface area contributed by atoms with Crippen LogP contribution in [0.1, 0.15) is 77.2 Å². The average molecular weight is 486 g/mol. The molecule has 1 atom stereocenters. The summed E-state index contributed by atoms with van der Waals surface area (Å²) in [5, 5.41) is 3.38. The lowest BCUT2D eigenvalue weighted by atomic mass is 10.1. The van der Waals surface area contributed by atoms with E-state index in [2.05, 4.69) is 29.6 Å². The summed E-state index contributed by atoms with van der Waals surface area (Å²) in [5.41, 5.74) is 1.38. The first-order valence-corrected chi connectivity index (χ1v) is 11.3. The van der Waals surface area contributed by atoms with E-state index in [4.69, 9.17) is 9.47 Å². The Kier molecular flexibility index (Phi) is 18.6. The number of rotatable bonds is 17. The number of aryl methyl sites for hydroxylation is 1. The van der Waals surface area contributed by atoms with Crippen LogP contribution in [-0.4, -0.2) is 37.7 Å². The highest BCUT2D eigenvalue weighted by atomic mass is 79.9. The summed E-state index contributed by atoms with van der Waals surface area (Å²) in [6.07, 6.45) is 9.52. The fraction of sp³-hybridized carbons (Fsp3) is 0.667. The first kappa shape index (κ1) is 28.6. The molecular formula is C24H40BrNO4. The van der Waals surface area contributed by atoms with Crippen LogP contribution in [0.15, 0.2) is 30.3 Å². The molecule has 0 heterocycles. The molecule has 1 aromatic rings. The van der Waals surface area contributed by atoms with Gasteiger partial charge in [-0.3, -0.25) is 9.59 Å². The van der Waals surface area contributed by atoms with Gasteiger partial charge in [-0.15, -0.1) is 17.0 Å². The Morgan fingerprint density at radius 3 is 2.23 bits per heavy atom. The van der Waals surface area contributed by atoms with E-state index in [1.165, 1.54) is 5.56 Å². The van der Waals surface area contributed by atoms with E-state index in [0.29, 0.717) is 19.6 Å². The summed E-state index contributed by atoms with van der Waals surface area (Å²) in [7, 11) is 0. The normalized spacial score (nSPS) is 11.4. The van der Waals surface area contributed by atoms with Gasteiger partial charge in [0.25, 0.3) is 0 Å². The van der Waals surface area contributed by atoms with Crippen LogP contribution in [-0.2, 0) is 25.5 Å². The van der Waals surface area contributed by atoms with Crippen molar-refractivity contribution in [3.8, 4) is 0 Å². The fourth-order valence-corrected chi connectivity index (χ4v) is 3.30. The van der Waals surface area contributed by atoms with E-state index >= 15 is 0 Å². The van der Waals surface area contributed by atoms with Crippen LogP contribution in [0.4, 0.5) is 0 Å². The minimum Gasteiger partial charge on any atom is -0.466 e. The molecule has 1 rings (SSSR count). The molecule has 0 aromatic heterocycles. The Balaban J connectivity index is 0.00000841. The quantitative estimate of drug-likeness (QED) is 0.236. The van der Waals surface area contributed by atoms with Crippen LogP contribution in [0.25, 0.3) is 0 Å². The molecule has 0 spiro atoms. The number of hydrogen-bond acceptors (Lipinski definition) is 5. The van der Waals surface area contributed by atoms with Crippen molar-refractivity contribution in [2.24, 2.45) is 0 Å². The predicted octanol–water partition coefficient (Wildman–Crippen LogP) is 5.40. The first-order chi connectivity index (χ1) is 14.2. The average Bonchev–Trinajstić information content (AvgIpc) is 2.72. The molecule has 5 nitrogen and oxygen atoms in total. The minimum atomic E-state index is -0.228. The second-order valence-electron chi connectivity index (χ2n) is 7.31. The molecule has 0 amide bonds. The Labute approximate surface area is 193 Å². The van der Waals surface area contributed by atoms with Crippen LogP contribution in [0.3, 0.4) is 0 Å². The molecule has 172 valence electrons. The van der Waals surface area contributed by atoms with Gasteiger partial charge in [-0.1, -0.05) is 56.0 Å². The lowest BCUT2D eigenvalue weighted by Gasteiger charge is -2.17. The predicted molar refractivity (Wildman–Crippen MR) is 127 cm³/mol. The minimum absolute atomic E-state index is 0. The molecule has 0 aliphatic heterocycles. The smallest absolute Gasteiger partial charge is 0.323 e. The molecule has 0 bridgehead atoms. The number of carbonyl (C=O) groups is 2. The van der Waals surface area contributed by atoms with Crippen molar-refractivity contribution in [1.29, 1.82) is 0 Å². The number of ether oxygens (including phenoxy) is 2. The Hall–Kier alpha value is -1.40. The maximum Gasteiger partial charge on any atom is 0.323 e. The lowest BCUT2D eigenvalue weighted by molar-refractivity contribution is -0.146. The third-order valence-electron chi connectivity index (χ3n) is 4.88. The molecule has 1 N–H and O–H groups in total. The van der Waals surface area contributed by atoms with E-state index in [1.54, 1.807) is 0 Å². The van der Waals surface area contributed by atoms with Gasteiger partial charge in [0.05, 0.1) is 13.2 Å². The number of hydrogen-bond donors (Lipinski definition) is 1. The first-order valence-electron chi connectivity index (χ1n) is 11.3. The highest BCUT2D eigenvalue weighted by Gasteiger charge is 2.18. The van der Waals surface area contributed by atoms with E-state index in [0.717, 1.165) is 64.3 Å². The molecule has 0 saturated carbocycles. The zero-order valence-corrected chi connectivity index (χ0v) is 20.4. The van der Waals surface area contributed by atoms with Gasteiger partial charge in [-0.05, 0) is 58.1 Å².